The quantitative estimate of drug-likeness (QED) is 0.671. The van der Waals surface area contributed by atoms with Crippen LogP contribution in [0.1, 0.15) is 28.9 Å². The molecule has 12 heteroatoms. The molecule has 0 spiro atoms. The molecule has 3 unspecified atom stereocenters. The van der Waals surface area contributed by atoms with E-state index in [9.17, 15) is 18.0 Å². The van der Waals surface area contributed by atoms with Crippen LogP contribution in [0.5, 0.6) is 5.88 Å². The van der Waals surface area contributed by atoms with Crippen molar-refractivity contribution in [2.24, 2.45) is 16.6 Å². The first-order valence-electron chi connectivity index (χ1n) is 9.71. The number of amides is 1. The smallest absolute Gasteiger partial charge is 0.388 e. The number of thioether (sulfide) groups is 1. The van der Waals surface area contributed by atoms with Crippen LogP contribution in [0.4, 0.5) is 18.9 Å². The fourth-order valence-corrected chi connectivity index (χ4v) is 5.30. The average Bonchev–Trinajstić information content (AvgIpc) is 3.13. The van der Waals surface area contributed by atoms with E-state index in [0.29, 0.717) is 35.0 Å². The highest BCUT2D eigenvalue weighted by Crippen LogP contribution is 2.52. The molecule has 0 saturated heterocycles. The lowest BCUT2D eigenvalue weighted by atomic mass is 9.80. The molecule has 1 aromatic carbocycles. The van der Waals surface area contributed by atoms with Crippen molar-refractivity contribution in [1.29, 1.82) is 0 Å². The lowest BCUT2D eigenvalue weighted by molar-refractivity contribution is -0.0531. The van der Waals surface area contributed by atoms with Gasteiger partial charge in [-0.2, -0.15) is 8.78 Å². The minimum atomic E-state index is -3.05. The molecular formula is C20H20F3N5O3S. The Morgan fingerprint density at radius 3 is 2.84 bits per heavy atom. The standard InChI is InChI=1S/C20H20F3N5O3S/c1-30-15-4-5-20(12(15)9-32-19(24)28-20)11-6-10(2-3-13(11)21)27-17(29)14-7-26-16(8-25-14)31-18(22)23/h2-3,6-8,12,15,18H,4-5,9H2,1H3,(H2,24,28)(H,27,29). The monoisotopic (exact) mass is 467 g/mol. The van der Waals surface area contributed by atoms with E-state index < -0.39 is 29.8 Å². The maximum absolute atomic E-state index is 15.0. The minimum Gasteiger partial charge on any atom is -0.415 e. The molecule has 32 heavy (non-hydrogen) atoms. The Balaban J connectivity index is 1.60. The van der Waals surface area contributed by atoms with Gasteiger partial charge in [0.2, 0.25) is 5.88 Å². The van der Waals surface area contributed by atoms with E-state index in [1.54, 1.807) is 7.11 Å². The number of nitrogens with one attached hydrogen (secondary N) is 1. The first-order valence-corrected chi connectivity index (χ1v) is 10.7. The number of nitrogens with zero attached hydrogens (tertiary/aromatic N) is 3. The van der Waals surface area contributed by atoms with Crippen molar-refractivity contribution < 1.29 is 27.4 Å². The lowest BCUT2D eigenvalue weighted by Gasteiger charge is -2.37. The lowest BCUT2D eigenvalue weighted by Crippen LogP contribution is -2.41. The maximum atomic E-state index is 15.0. The molecule has 2 aromatic rings. The van der Waals surface area contributed by atoms with Crippen LogP contribution in [0.3, 0.4) is 0 Å². The van der Waals surface area contributed by atoms with Crippen molar-refractivity contribution in [3.63, 3.8) is 0 Å². The van der Waals surface area contributed by atoms with Crippen molar-refractivity contribution >= 4 is 28.5 Å². The largest absolute Gasteiger partial charge is 0.415 e. The second-order valence-corrected chi connectivity index (χ2v) is 8.41. The summed E-state index contributed by atoms with van der Waals surface area (Å²) in [6.07, 6.45) is 3.11. The van der Waals surface area contributed by atoms with Crippen molar-refractivity contribution in [3.05, 3.63) is 47.7 Å². The molecule has 170 valence electrons. The number of carbonyl (C=O) groups is 1. The van der Waals surface area contributed by atoms with Gasteiger partial charge in [-0.25, -0.2) is 14.4 Å². The summed E-state index contributed by atoms with van der Waals surface area (Å²) in [7, 11) is 1.62. The summed E-state index contributed by atoms with van der Waals surface area (Å²) in [4.78, 5) is 24.6. The van der Waals surface area contributed by atoms with Gasteiger partial charge in [-0.1, -0.05) is 11.8 Å². The normalized spacial score (nSPS) is 24.7. The Labute approximate surface area is 185 Å². The number of ether oxygens (including phenoxy) is 2. The number of hydrogen-bond acceptors (Lipinski definition) is 8. The molecule has 2 heterocycles. The van der Waals surface area contributed by atoms with Gasteiger partial charge in [-0.15, -0.1) is 0 Å². The predicted molar refractivity (Wildman–Crippen MR) is 112 cm³/mol. The average molecular weight is 467 g/mol. The molecule has 4 rings (SSSR count). The minimum absolute atomic E-state index is 0.0708. The molecule has 2 aliphatic rings. The van der Waals surface area contributed by atoms with E-state index in [-0.39, 0.29) is 17.7 Å². The van der Waals surface area contributed by atoms with E-state index in [4.69, 9.17) is 10.5 Å². The van der Waals surface area contributed by atoms with Crippen LogP contribution >= 0.6 is 11.8 Å². The van der Waals surface area contributed by atoms with Crippen molar-refractivity contribution in [3.8, 4) is 5.88 Å². The van der Waals surface area contributed by atoms with Crippen molar-refractivity contribution in [2.45, 2.75) is 31.1 Å². The fourth-order valence-electron chi connectivity index (χ4n) is 4.24. The Hall–Kier alpha value is -2.86. The molecule has 3 N–H and O–H groups in total. The molecule has 1 saturated carbocycles. The molecule has 0 bridgehead atoms. The Morgan fingerprint density at radius 2 is 2.16 bits per heavy atom. The number of rotatable bonds is 6. The predicted octanol–water partition coefficient (Wildman–Crippen LogP) is 3.15. The fraction of sp³-hybridized carbons (Fsp3) is 0.400. The number of amidine groups is 1. The third-order valence-electron chi connectivity index (χ3n) is 5.66. The van der Waals surface area contributed by atoms with E-state index in [1.165, 1.54) is 30.0 Å². The summed E-state index contributed by atoms with van der Waals surface area (Å²) in [5.74, 6) is -0.937. The molecule has 1 amide bonds. The number of aromatic nitrogens is 2. The maximum Gasteiger partial charge on any atom is 0.388 e. The first kappa shape index (κ1) is 22.3. The summed E-state index contributed by atoms with van der Waals surface area (Å²) >= 11 is 1.41. The second-order valence-electron chi connectivity index (χ2n) is 7.37. The van der Waals surface area contributed by atoms with E-state index in [2.05, 4.69) is 25.0 Å². The molecule has 8 nitrogen and oxygen atoms in total. The number of alkyl halides is 2. The third kappa shape index (κ3) is 4.24. The van der Waals surface area contributed by atoms with Crippen LogP contribution in [0.15, 0.2) is 35.6 Å². The zero-order valence-corrected chi connectivity index (χ0v) is 17.7. The third-order valence-corrected chi connectivity index (χ3v) is 6.57. The number of benzene rings is 1. The summed E-state index contributed by atoms with van der Waals surface area (Å²) < 4.78 is 49.2. The van der Waals surface area contributed by atoms with Gasteiger partial charge in [0.15, 0.2) is 5.17 Å². The highest BCUT2D eigenvalue weighted by molar-refractivity contribution is 8.13. The van der Waals surface area contributed by atoms with E-state index >= 15 is 0 Å². The van der Waals surface area contributed by atoms with Crippen LogP contribution in [-0.2, 0) is 10.3 Å². The number of nitrogens with two attached hydrogens (primary N) is 1. The molecule has 1 aromatic heterocycles. The number of hydrogen-bond donors (Lipinski definition) is 2. The molecule has 1 fully saturated rings. The van der Waals surface area contributed by atoms with Crippen LogP contribution in [0.2, 0.25) is 0 Å². The molecule has 3 atom stereocenters. The van der Waals surface area contributed by atoms with Gasteiger partial charge in [-0.3, -0.25) is 9.79 Å². The molecule has 0 radical (unpaired) electrons. The van der Waals surface area contributed by atoms with Gasteiger partial charge >= 0.3 is 6.61 Å². The molecular weight excluding hydrogens is 447 g/mol. The van der Waals surface area contributed by atoms with Gasteiger partial charge in [0.25, 0.3) is 5.91 Å². The molecule has 1 aliphatic carbocycles. The highest BCUT2D eigenvalue weighted by Gasteiger charge is 2.53. The summed E-state index contributed by atoms with van der Waals surface area (Å²) in [6, 6.07) is 4.21. The molecule has 1 aliphatic heterocycles. The Kier molecular flexibility index (Phi) is 6.24. The zero-order valence-electron chi connectivity index (χ0n) is 16.9. The van der Waals surface area contributed by atoms with Crippen LogP contribution < -0.4 is 15.8 Å². The van der Waals surface area contributed by atoms with Crippen LogP contribution in [0.25, 0.3) is 0 Å². The van der Waals surface area contributed by atoms with Gasteiger partial charge in [0.1, 0.15) is 11.5 Å². The Bertz CT molecular complexity index is 1040. The highest BCUT2D eigenvalue weighted by atomic mass is 32.2. The number of halogens is 3. The van der Waals surface area contributed by atoms with Crippen LogP contribution in [-0.4, -0.2) is 46.6 Å². The number of aliphatic imine (C=N–C) groups is 1. The van der Waals surface area contributed by atoms with Gasteiger partial charge in [0.05, 0.1) is 24.0 Å². The number of carbonyl (C=O) groups excluding carboxylic acids is 1. The number of fused-ring (bicyclic) bond motifs is 1. The number of anilines is 1. The topological polar surface area (TPSA) is 112 Å². The van der Waals surface area contributed by atoms with Gasteiger partial charge < -0.3 is 20.5 Å². The summed E-state index contributed by atoms with van der Waals surface area (Å²) in [5, 5.41) is 3.01. The number of methoxy groups -OCH3 is 1. The zero-order chi connectivity index (χ0) is 22.9. The van der Waals surface area contributed by atoms with Gasteiger partial charge in [0, 0.05) is 30.0 Å². The summed E-state index contributed by atoms with van der Waals surface area (Å²) in [5.41, 5.74) is 5.64. The van der Waals surface area contributed by atoms with Gasteiger partial charge in [-0.05, 0) is 31.0 Å². The van der Waals surface area contributed by atoms with Crippen LogP contribution in [0, 0.1) is 11.7 Å². The SMILES string of the molecule is COC1CCC2(c3cc(NC(=O)c4cnc(OC(F)F)cn4)ccc3F)N=C(N)SCC12. The Morgan fingerprint density at radius 1 is 1.34 bits per heavy atom. The van der Waals surface area contributed by atoms with E-state index in [1.807, 2.05) is 0 Å². The van der Waals surface area contributed by atoms with E-state index in [0.717, 1.165) is 12.4 Å². The van der Waals surface area contributed by atoms with Crippen molar-refractivity contribution in [2.75, 3.05) is 18.2 Å². The van der Waals surface area contributed by atoms with Crippen molar-refractivity contribution in [1.82, 2.24) is 9.97 Å². The summed E-state index contributed by atoms with van der Waals surface area (Å²) in [6.45, 7) is -3.05. The first-order chi connectivity index (χ1) is 15.3. The second kappa shape index (κ2) is 8.94.